The molecule has 0 radical (unpaired) electrons. The second-order valence-corrected chi connectivity index (χ2v) is 4.75. The average Bonchev–Trinajstić information content (AvgIpc) is 2.63. The van der Waals surface area contributed by atoms with Gasteiger partial charge in [0.1, 0.15) is 0 Å². The molecule has 13 heavy (non-hydrogen) atoms. The normalized spacial score (nSPS) is 11.2. The predicted octanol–water partition coefficient (Wildman–Crippen LogP) is 4.02. The maximum Gasteiger partial charge on any atom is 0.0561 e. The van der Waals surface area contributed by atoms with Crippen LogP contribution in [-0.4, -0.2) is 4.98 Å². The zero-order valence-electron chi connectivity index (χ0n) is 8.55. The highest BCUT2D eigenvalue weighted by molar-refractivity contribution is 7.29. The number of hydrogen-bond acceptors (Lipinski definition) is 1. The van der Waals surface area contributed by atoms with Crippen LogP contribution < -0.4 is 0 Å². The molecule has 0 saturated carbocycles. The number of aromatic nitrogens is 1. The molecule has 0 fully saturated rings. The summed E-state index contributed by atoms with van der Waals surface area (Å²) in [6.45, 7) is 2.26. The van der Waals surface area contributed by atoms with Gasteiger partial charge in [-0.25, -0.2) is 0 Å². The Labute approximate surface area is 83.1 Å². The SMILES string of the molecule is CCCCCCCCc1ncc[pH]1. The molecule has 1 rings (SSSR count). The van der Waals surface area contributed by atoms with E-state index in [-0.39, 0.29) is 0 Å². The molecule has 1 aromatic rings. The molecule has 1 heterocycles. The summed E-state index contributed by atoms with van der Waals surface area (Å²) >= 11 is 0. The van der Waals surface area contributed by atoms with E-state index in [1.807, 2.05) is 6.20 Å². The van der Waals surface area contributed by atoms with Gasteiger partial charge in [-0.3, -0.25) is 4.98 Å². The molecule has 0 aliphatic carbocycles. The van der Waals surface area contributed by atoms with Gasteiger partial charge >= 0.3 is 0 Å². The lowest BCUT2D eigenvalue weighted by Gasteiger charge is -1.98. The van der Waals surface area contributed by atoms with Crippen LogP contribution in [-0.2, 0) is 6.42 Å². The first-order valence-electron chi connectivity index (χ1n) is 5.41. The van der Waals surface area contributed by atoms with E-state index in [2.05, 4.69) is 17.7 Å². The van der Waals surface area contributed by atoms with Crippen LogP contribution in [0, 0.1) is 0 Å². The summed E-state index contributed by atoms with van der Waals surface area (Å²) in [5.74, 6) is 2.17. The average molecular weight is 197 g/mol. The standard InChI is InChI=1S/C11H20NP/c1-2-3-4-5-6-7-8-11-12-9-10-13-11/h9-10,13H,2-8H2,1H3. The Kier molecular flexibility index (Phi) is 5.93. The van der Waals surface area contributed by atoms with Gasteiger partial charge in [0, 0.05) is 6.20 Å². The molecule has 0 saturated heterocycles. The van der Waals surface area contributed by atoms with Crippen molar-refractivity contribution in [3.05, 3.63) is 17.4 Å². The van der Waals surface area contributed by atoms with Crippen LogP contribution in [0.5, 0.6) is 0 Å². The van der Waals surface area contributed by atoms with Gasteiger partial charge in [-0.2, -0.15) is 0 Å². The Morgan fingerprint density at radius 3 is 2.62 bits per heavy atom. The van der Waals surface area contributed by atoms with Gasteiger partial charge in [0.25, 0.3) is 0 Å². The van der Waals surface area contributed by atoms with Gasteiger partial charge in [0.05, 0.1) is 5.43 Å². The number of hydrogen-bond donors (Lipinski definition) is 0. The molecule has 0 N–H and O–H groups in total. The molecule has 0 aliphatic heterocycles. The van der Waals surface area contributed by atoms with Gasteiger partial charge < -0.3 is 0 Å². The van der Waals surface area contributed by atoms with Crippen molar-refractivity contribution in [3.8, 4) is 0 Å². The van der Waals surface area contributed by atoms with E-state index >= 15 is 0 Å². The van der Waals surface area contributed by atoms with Gasteiger partial charge in [-0.1, -0.05) is 39.0 Å². The lowest BCUT2D eigenvalue weighted by molar-refractivity contribution is 0.607. The molecule has 2 heteroatoms. The Morgan fingerprint density at radius 1 is 1.15 bits per heavy atom. The van der Waals surface area contributed by atoms with Crippen LogP contribution in [0.25, 0.3) is 0 Å². The lowest BCUT2D eigenvalue weighted by Crippen LogP contribution is -1.84. The van der Waals surface area contributed by atoms with Gasteiger partial charge in [-0.15, -0.1) is 8.19 Å². The zero-order chi connectivity index (χ0) is 9.36. The molecule has 1 atom stereocenters. The molecule has 0 bridgehead atoms. The molecular weight excluding hydrogens is 177 g/mol. The van der Waals surface area contributed by atoms with Crippen molar-refractivity contribution in [1.29, 1.82) is 0 Å². The minimum absolute atomic E-state index is 0.881. The molecule has 1 nitrogen and oxygen atoms in total. The molecule has 0 amide bonds. The first kappa shape index (κ1) is 10.8. The highest BCUT2D eigenvalue weighted by Gasteiger charge is 1.94. The first-order valence-corrected chi connectivity index (χ1v) is 6.49. The van der Waals surface area contributed by atoms with Crippen LogP contribution in [0.15, 0.2) is 12.0 Å². The van der Waals surface area contributed by atoms with Crippen LogP contribution >= 0.6 is 8.19 Å². The highest BCUT2D eigenvalue weighted by Crippen LogP contribution is 2.15. The van der Waals surface area contributed by atoms with E-state index in [1.54, 1.807) is 0 Å². The molecule has 0 aliphatic rings. The fraction of sp³-hybridized carbons (Fsp3) is 0.727. The minimum Gasteiger partial charge on any atom is -0.257 e. The van der Waals surface area contributed by atoms with Crippen molar-refractivity contribution >= 4 is 8.19 Å². The predicted molar refractivity (Wildman–Crippen MR) is 60.8 cm³/mol. The minimum atomic E-state index is 0.881. The number of nitrogens with zero attached hydrogens (tertiary/aromatic N) is 1. The van der Waals surface area contributed by atoms with E-state index < -0.39 is 0 Å². The van der Waals surface area contributed by atoms with Crippen molar-refractivity contribution < 1.29 is 0 Å². The summed E-state index contributed by atoms with van der Waals surface area (Å²) in [6, 6.07) is 0. The molecule has 0 spiro atoms. The molecule has 74 valence electrons. The summed E-state index contributed by atoms with van der Waals surface area (Å²) in [7, 11) is 0.881. The monoisotopic (exact) mass is 197 g/mol. The Hall–Kier alpha value is -0.290. The largest absolute Gasteiger partial charge is 0.257 e. The summed E-state index contributed by atoms with van der Waals surface area (Å²) in [6.07, 6.45) is 11.5. The van der Waals surface area contributed by atoms with E-state index in [4.69, 9.17) is 0 Å². The van der Waals surface area contributed by atoms with Gasteiger partial charge in [0.15, 0.2) is 0 Å². The second kappa shape index (κ2) is 7.15. The van der Waals surface area contributed by atoms with Gasteiger partial charge in [0.2, 0.25) is 0 Å². The Morgan fingerprint density at radius 2 is 1.92 bits per heavy atom. The number of rotatable bonds is 7. The fourth-order valence-corrected chi connectivity index (χ4v) is 2.32. The molecule has 1 aromatic heterocycles. The van der Waals surface area contributed by atoms with E-state index in [0.29, 0.717) is 0 Å². The van der Waals surface area contributed by atoms with Crippen molar-refractivity contribution in [2.75, 3.05) is 0 Å². The third-order valence-corrected chi connectivity index (χ3v) is 3.35. The lowest BCUT2D eigenvalue weighted by atomic mass is 10.1. The third kappa shape index (κ3) is 5.10. The zero-order valence-corrected chi connectivity index (χ0v) is 9.55. The van der Waals surface area contributed by atoms with Gasteiger partial charge in [-0.05, 0) is 18.6 Å². The highest BCUT2D eigenvalue weighted by atomic mass is 31.0. The molecular formula is C11H20NP. The molecule has 0 aromatic carbocycles. The topological polar surface area (TPSA) is 12.9 Å². The molecule has 1 unspecified atom stereocenters. The Balaban J connectivity index is 1.90. The van der Waals surface area contributed by atoms with Crippen LogP contribution in [0.2, 0.25) is 0 Å². The van der Waals surface area contributed by atoms with E-state index in [0.717, 1.165) is 8.19 Å². The summed E-state index contributed by atoms with van der Waals surface area (Å²) < 4.78 is 0. The Bertz CT molecular complexity index is 194. The van der Waals surface area contributed by atoms with Crippen LogP contribution in [0.4, 0.5) is 0 Å². The third-order valence-electron chi connectivity index (χ3n) is 2.32. The smallest absolute Gasteiger partial charge is 0.0561 e. The first-order chi connectivity index (χ1) is 6.43. The van der Waals surface area contributed by atoms with Crippen LogP contribution in [0.1, 0.15) is 50.9 Å². The van der Waals surface area contributed by atoms with Crippen molar-refractivity contribution in [2.24, 2.45) is 0 Å². The van der Waals surface area contributed by atoms with E-state index in [1.165, 1.54) is 50.4 Å². The summed E-state index contributed by atoms with van der Waals surface area (Å²) in [5.41, 5.74) is 1.41. The second-order valence-electron chi connectivity index (χ2n) is 3.55. The summed E-state index contributed by atoms with van der Waals surface area (Å²) in [4.78, 5) is 4.32. The maximum atomic E-state index is 4.32. The number of aryl methyl sites for hydroxylation is 1. The fourth-order valence-electron chi connectivity index (χ4n) is 1.51. The van der Waals surface area contributed by atoms with Crippen LogP contribution in [0.3, 0.4) is 0 Å². The van der Waals surface area contributed by atoms with Crippen molar-refractivity contribution in [3.63, 3.8) is 0 Å². The van der Waals surface area contributed by atoms with E-state index in [9.17, 15) is 0 Å². The number of unbranched alkanes of at least 4 members (excludes halogenated alkanes) is 5. The summed E-state index contributed by atoms with van der Waals surface area (Å²) in [5, 5.41) is 0. The maximum absolute atomic E-state index is 4.32. The van der Waals surface area contributed by atoms with Crippen molar-refractivity contribution in [2.45, 2.75) is 51.9 Å². The quantitative estimate of drug-likeness (QED) is 0.602. The van der Waals surface area contributed by atoms with Crippen molar-refractivity contribution in [1.82, 2.24) is 4.98 Å².